The SMILES string of the molecule is Cc1nc(COc2cc3[nH]c(C(C)C)cc3cc2Cl)no1. The van der Waals surface area contributed by atoms with Crippen LogP contribution in [0.1, 0.15) is 37.2 Å². The summed E-state index contributed by atoms with van der Waals surface area (Å²) in [6.45, 7) is 6.24. The largest absolute Gasteiger partial charge is 0.484 e. The Hall–Kier alpha value is -2.01. The Bertz CT molecular complexity index is 776. The molecule has 0 unspecified atom stereocenters. The van der Waals surface area contributed by atoms with Gasteiger partial charge in [-0.05, 0) is 18.1 Å². The van der Waals surface area contributed by atoms with E-state index in [1.165, 1.54) is 5.69 Å². The predicted molar refractivity (Wildman–Crippen MR) is 80.8 cm³/mol. The first-order chi connectivity index (χ1) is 10.0. The first kappa shape index (κ1) is 13.9. The lowest BCUT2D eigenvalue weighted by atomic mass is 10.1. The molecule has 0 aliphatic rings. The Balaban J connectivity index is 1.86. The van der Waals surface area contributed by atoms with Gasteiger partial charge in [-0.2, -0.15) is 4.98 Å². The summed E-state index contributed by atoms with van der Waals surface area (Å²) in [6.07, 6.45) is 0. The molecular formula is C15H16ClN3O2. The highest BCUT2D eigenvalue weighted by Gasteiger charge is 2.10. The minimum Gasteiger partial charge on any atom is -0.484 e. The van der Waals surface area contributed by atoms with Gasteiger partial charge in [-0.25, -0.2) is 0 Å². The number of rotatable bonds is 4. The summed E-state index contributed by atoms with van der Waals surface area (Å²) in [5, 5.41) is 5.43. The summed E-state index contributed by atoms with van der Waals surface area (Å²) in [5.74, 6) is 2.05. The predicted octanol–water partition coefficient (Wildman–Crippen LogP) is 4.22. The number of hydrogen-bond donors (Lipinski definition) is 1. The molecule has 1 aromatic carbocycles. The van der Waals surface area contributed by atoms with E-state index in [2.05, 4.69) is 35.0 Å². The molecule has 3 aromatic rings. The van der Waals surface area contributed by atoms with Gasteiger partial charge >= 0.3 is 0 Å². The second-order valence-corrected chi connectivity index (χ2v) is 5.67. The number of hydrogen-bond acceptors (Lipinski definition) is 4. The first-order valence-corrected chi connectivity index (χ1v) is 7.15. The van der Waals surface area contributed by atoms with Crippen molar-refractivity contribution in [2.45, 2.75) is 33.3 Å². The van der Waals surface area contributed by atoms with Gasteiger partial charge in [0, 0.05) is 29.6 Å². The third kappa shape index (κ3) is 2.88. The number of aromatic nitrogens is 3. The number of aromatic amines is 1. The van der Waals surface area contributed by atoms with Crippen molar-refractivity contribution in [3.8, 4) is 5.75 Å². The van der Waals surface area contributed by atoms with Crippen LogP contribution >= 0.6 is 11.6 Å². The molecule has 2 heterocycles. The molecule has 6 heteroatoms. The van der Waals surface area contributed by atoms with Crippen molar-refractivity contribution in [3.63, 3.8) is 0 Å². The number of fused-ring (bicyclic) bond motifs is 1. The summed E-state index contributed by atoms with van der Waals surface area (Å²) in [6, 6.07) is 5.91. The lowest BCUT2D eigenvalue weighted by molar-refractivity contribution is 0.286. The van der Waals surface area contributed by atoms with Crippen LogP contribution in [-0.2, 0) is 6.61 Å². The molecular weight excluding hydrogens is 290 g/mol. The molecule has 0 atom stereocenters. The van der Waals surface area contributed by atoms with Crippen molar-refractivity contribution in [3.05, 3.63) is 40.6 Å². The first-order valence-electron chi connectivity index (χ1n) is 6.77. The van der Waals surface area contributed by atoms with E-state index in [9.17, 15) is 0 Å². The molecule has 0 saturated carbocycles. The molecule has 0 bridgehead atoms. The minimum atomic E-state index is 0.223. The molecule has 0 saturated heterocycles. The number of benzene rings is 1. The average molecular weight is 306 g/mol. The van der Waals surface area contributed by atoms with Gasteiger partial charge in [-0.3, -0.25) is 0 Å². The van der Waals surface area contributed by atoms with Crippen LogP contribution < -0.4 is 4.74 Å². The number of ether oxygens (including phenoxy) is 1. The molecule has 0 aliphatic carbocycles. The van der Waals surface area contributed by atoms with Crippen LogP contribution in [0.25, 0.3) is 10.9 Å². The fraction of sp³-hybridized carbons (Fsp3) is 0.333. The van der Waals surface area contributed by atoms with E-state index in [0.717, 1.165) is 10.9 Å². The minimum absolute atomic E-state index is 0.223. The Kier molecular flexibility index (Phi) is 3.59. The van der Waals surface area contributed by atoms with Gasteiger partial charge in [0.2, 0.25) is 11.7 Å². The summed E-state index contributed by atoms with van der Waals surface area (Å²) >= 11 is 6.26. The van der Waals surface area contributed by atoms with Crippen molar-refractivity contribution >= 4 is 22.5 Å². The fourth-order valence-electron chi connectivity index (χ4n) is 2.12. The quantitative estimate of drug-likeness (QED) is 0.784. The topological polar surface area (TPSA) is 63.9 Å². The number of nitrogens with one attached hydrogen (secondary N) is 1. The highest BCUT2D eigenvalue weighted by atomic mass is 35.5. The molecule has 0 fully saturated rings. The van der Waals surface area contributed by atoms with Gasteiger partial charge in [0.15, 0.2) is 6.61 Å². The van der Waals surface area contributed by atoms with Gasteiger partial charge in [0.25, 0.3) is 0 Å². The van der Waals surface area contributed by atoms with Crippen molar-refractivity contribution < 1.29 is 9.26 Å². The molecule has 3 rings (SSSR count). The monoisotopic (exact) mass is 305 g/mol. The van der Waals surface area contributed by atoms with Crippen LogP contribution in [0.5, 0.6) is 5.75 Å². The molecule has 1 N–H and O–H groups in total. The van der Waals surface area contributed by atoms with Crippen LogP contribution in [0.3, 0.4) is 0 Å². The number of halogens is 1. The van der Waals surface area contributed by atoms with Gasteiger partial charge in [-0.15, -0.1) is 0 Å². The van der Waals surface area contributed by atoms with Crippen LogP contribution in [-0.4, -0.2) is 15.1 Å². The van der Waals surface area contributed by atoms with Crippen LogP contribution in [0.15, 0.2) is 22.7 Å². The smallest absolute Gasteiger partial charge is 0.223 e. The zero-order chi connectivity index (χ0) is 15.0. The summed E-state index contributed by atoms with van der Waals surface area (Å²) in [5.41, 5.74) is 2.18. The maximum atomic E-state index is 6.26. The van der Waals surface area contributed by atoms with Gasteiger partial charge < -0.3 is 14.2 Å². The van der Waals surface area contributed by atoms with E-state index in [1.807, 2.05) is 12.1 Å². The highest BCUT2D eigenvalue weighted by molar-refractivity contribution is 6.32. The van der Waals surface area contributed by atoms with Crippen molar-refractivity contribution in [1.82, 2.24) is 15.1 Å². The summed E-state index contributed by atoms with van der Waals surface area (Å²) in [7, 11) is 0. The molecule has 21 heavy (non-hydrogen) atoms. The maximum absolute atomic E-state index is 6.26. The van der Waals surface area contributed by atoms with Gasteiger partial charge in [0.1, 0.15) is 5.75 Å². The number of H-pyrrole nitrogens is 1. The Morgan fingerprint density at radius 2 is 2.14 bits per heavy atom. The number of nitrogens with zero attached hydrogens (tertiary/aromatic N) is 2. The molecule has 5 nitrogen and oxygen atoms in total. The van der Waals surface area contributed by atoms with E-state index >= 15 is 0 Å². The second-order valence-electron chi connectivity index (χ2n) is 5.27. The van der Waals surface area contributed by atoms with Crippen LogP contribution in [0.2, 0.25) is 5.02 Å². The lowest BCUT2D eigenvalue weighted by Crippen LogP contribution is -1.98. The van der Waals surface area contributed by atoms with Crippen LogP contribution in [0, 0.1) is 6.92 Å². The van der Waals surface area contributed by atoms with Gasteiger partial charge in [0.05, 0.1) is 5.02 Å². The van der Waals surface area contributed by atoms with Crippen molar-refractivity contribution in [1.29, 1.82) is 0 Å². The molecule has 0 aliphatic heterocycles. The summed E-state index contributed by atoms with van der Waals surface area (Å²) in [4.78, 5) is 7.47. The maximum Gasteiger partial charge on any atom is 0.223 e. The van der Waals surface area contributed by atoms with Crippen molar-refractivity contribution in [2.24, 2.45) is 0 Å². The average Bonchev–Trinajstić information content (AvgIpc) is 3.02. The highest BCUT2D eigenvalue weighted by Crippen LogP contribution is 2.32. The van der Waals surface area contributed by atoms with Gasteiger partial charge in [-0.1, -0.05) is 30.6 Å². The van der Waals surface area contributed by atoms with E-state index in [0.29, 0.717) is 28.4 Å². The van der Waals surface area contributed by atoms with Crippen molar-refractivity contribution in [2.75, 3.05) is 0 Å². The normalized spacial score (nSPS) is 11.5. The Labute approximate surface area is 127 Å². The van der Waals surface area contributed by atoms with E-state index in [4.69, 9.17) is 20.9 Å². The molecule has 0 radical (unpaired) electrons. The third-order valence-electron chi connectivity index (χ3n) is 3.24. The fourth-order valence-corrected chi connectivity index (χ4v) is 2.35. The molecule has 2 aromatic heterocycles. The van der Waals surface area contributed by atoms with E-state index in [-0.39, 0.29) is 6.61 Å². The molecule has 0 spiro atoms. The zero-order valence-electron chi connectivity index (χ0n) is 12.1. The standard InChI is InChI=1S/C15H16ClN3O2/c1-8(2)12-5-10-4-11(16)14(6-13(10)18-12)20-7-15-17-9(3)21-19-15/h4-6,8,18H,7H2,1-3H3. The molecule has 0 amide bonds. The lowest BCUT2D eigenvalue weighted by Gasteiger charge is -2.05. The third-order valence-corrected chi connectivity index (χ3v) is 3.54. The Morgan fingerprint density at radius 1 is 1.33 bits per heavy atom. The van der Waals surface area contributed by atoms with Crippen LogP contribution in [0.4, 0.5) is 0 Å². The number of aryl methyl sites for hydroxylation is 1. The summed E-state index contributed by atoms with van der Waals surface area (Å²) < 4.78 is 10.6. The molecule has 110 valence electrons. The second kappa shape index (κ2) is 5.41. The van der Waals surface area contributed by atoms with E-state index in [1.54, 1.807) is 6.92 Å². The Morgan fingerprint density at radius 3 is 2.81 bits per heavy atom. The zero-order valence-corrected chi connectivity index (χ0v) is 12.9. The van der Waals surface area contributed by atoms with E-state index < -0.39 is 0 Å².